The first-order valence-corrected chi connectivity index (χ1v) is 4.59. The Bertz CT molecular complexity index is 489. The number of aromatic carboxylic acids is 1. The van der Waals surface area contributed by atoms with Gasteiger partial charge < -0.3 is 15.3 Å². The number of carboxylic acids is 1. The van der Waals surface area contributed by atoms with E-state index < -0.39 is 5.97 Å². The van der Waals surface area contributed by atoms with Crippen molar-refractivity contribution in [3.8, 4) is 0 Å². The van der Waals surface area contributed by atoms with Crippen molar-refractivity contribution in [3.05, 3.63) is 35.5 Å². The van der Waals surface area contributed by atoms with Crippen LogP contribution in [0.1, 0.15) is 21.7 Å². The largest absolute Gasteiger partial charge is 0.476 e. The molecule has 0 aliphatic heterocycles. The Kier molecular flexibility index (Phi) is 2.69. The third-order valence-electron chi connectivity index (χ3n) is 2.15. The van der Waals surface area contributed by atoms with Gasteiger partial charge in [-0.1, -0.05) is 5.21 Å². The average molecular weight is 222 g/mol. The molecule has 0 spiro atoms. The molecular weight excluding hydrogens is 212 g/mol. The Hall–Kier alpha value is -2.15. The van der Waals surface area contributed by atoms with E-state index in [9.17, 15) is 4.79 Å². The first kappa shape index (κ1) is 10.4. The summed E-state index contributed by atoms with van der Waals surface area (Å²) in [6.45, 7) is 0.468. The number of hydrogen-bond acceptors (Lipinski definition) is 5. The Labute approximate surface area is 90.5 Å². The summed E-state index contributed by atoms with van der Waals surface area (Å²) in [6, 6.07) is 1.77. The standard InChI is InChI=1S/C9H10N4O3/c10-3-7-8(9(14)15)11-12-13(7)4-6-1-2-16-5-6/h1-2,5H,3-4,10H2,(H,14,15). The molecule has 0 aliphatic rings. The minimum absolute atomic E-state index is 0.0759. The van der Waals surface area contributed by atoms with Gasteiger partial charge in [0.1, 0.15) is 0 Å². The summed E-state index contributed by atoms with van der Waals surface area (Å²) in [5.74, 6) is -1.13. The van der Waals surface area contributed by atoms with Crippen LogP contribution in [0.15, 0.2) is 23.0 Å². The zero-order valence-corrected chi connectivity index (χ0v) is 8.33. The molecule has 3 N–H and O–H groups in total. The number of hydrogen-bond donors (Lipinski definition) is 2. The molecule has 0 saturated carbocycles. The molecule has 16 heavy (non-hydrogen) atoms. The molecule has 0 atom stereocenters. The lowest BCUT2D eigenvalue weighted by Gasteiger charge is -2.02. The number of carbonyl (C=O) groups is 1. The van der Waals surface area contributed by atoms with Crippen LogP contribution in [0.25, 0.3) is 0 Å². The summed E-state index contributed by atoms with van der Waals surface area (Å²) in [5.41, 5.74) is 6.64. The molecule has 0 amide bonds. The quantitative estimate of drug-likeness (QED) is 0.758. The summed E-state index contributed by atoms with van der Waals surface area (Å²) in [7, 11) is 0. The van der Waals surface area contributed by atoms with E-state index in [0.717, 1.165) is 5.56 Å². The van der Waals surface area contributed by atoms with E-state index in [2.05, 4.69) is 10.3 Å². The van der Waals surface area contributed by atoms with Crippen molar-refractivity contribution in [1.29, 1.82) is 0 Å². The predicted molar refractivity (Wildman–Crippen MR) is 52.7 cm³/mol. The molecule has 84 valence electrons. The Morgan fingerprint density at radius 3 is 3.00 bits per heavy atom. The number of furan rings is 1. The lowest BCUT2D eigenvalue weighted by Crippen LogP contribution is -2.12. The van der Waals surface area contributed by atoms with Gasteiger partial charge in [-0.15, -0.1) is 5.10 Å². The van der Waals surface area contributed by atoms with Crippen LogP contribution < -0.4 is 5.73 Å². The molecule has 7 heteroatoms. The molecule has 2 aromatic heterocycles. The van der Waals surface area contributed by atoms with Gasteiger partial charge in [0.25, 0.3) is 0 Å². The molecule has 0 bridgehead atoms. The molecule has 0 radical (unpaired) electrons. The van der Waals surface area contributed by atoms with Gasteiger partial charge in [0.15, 0.2) is 5.69 Å². The van der Waals surface area contributed by atoms with E-state index in [1.54, 1.807) is 12.3 Å². The second-order valence-corrected chi connectivity index (χ2v) is 3.18. The Balaban J connectivity index is 2.31. The second kappa shape index (κ2) is 4.15. The van der Waals surface area contributed by atoms with E-state index in [1.165, 1.54) is 10.9 Å². The highest BCUT2D eigenvalue weighted by atomic mass is 16.4. The van der Waals surface area contributed by atoms with Gasteiger partial charge in [-0.05, 0) is 6.07 Å². The first-order chi connectivity index (χ1) is 7.72. The summed E-state index contributed by atoms with van der Waals surface area (Å²) in [4.78, 5) is 10.8. The van der Waals surface area contributed by atoms with Gasteiger partial charge in [0.05, 0.1) is 24.8 Å². The summed E-state index contributed by atoms with van der Waals surface area (Å²) in [5, 5.41) is 16.2. The van der Waals surface area contributed by atoms with Crippen molar-refractivity contribution in [2.24, 2.45) is 5.73 Å². The highest BCUT2D eigenvalue weighted by Gasteiger charge is 2.17. The summed E-state index contributed by atoms with van der Waals surface area (Å²) >= 11 is 0. The number of nitrogens with two attached hydrogens (primary N) is 1. The zero-order valence-electron chi connectivity index (χ0n) is 8.33. The van der Waals surface area contributed by atoms with Crippen LogP contribution in [0.4, 0.5) is 0 Å². The van der Waals surface area contributed by atoms with Crippen molar-refractivity contribution in [2.75, 3.05) is 0 Å². The van der Waals surface area contributed by atoms with E-state index in [1.807, 2.05) is 0 Å². The van der Waals surface area contributed by atoms with E-state index in [0.29, 0.717) is 12.2 Å². The number of nitrogens with zero attached hydrogens (tertiary/aromatic N) is 3. The van der Waals surface area contributed by atoms with Gasteiger partial charge in [-0.2, -0.15) is 0 Å². The maximum Gasteiger partial charge on any atom is 0.358 e. The van der Waals surface area contributed by atoms with Gasteiger partial charge >= 0.3 is 5.97 Å². The van der Waals surface area contributed by atoms with Crippen LogP contribution in [-0.4, -0.2) is 26.1 Å². The maximum absolute atomic E-state index is 10.8. The third-order valence-corrected chi connectivity index (χ3v) is 2.15. The molecule has 2 heterocycles. The van der Waals surface area contributed by atoms with E-state index >= 15 is 0 Å². The lowest BCUT2D eigenvalue weighted by molar-refractivity contribution is 0.0689. The van der Waals surface area contributed by atoms with Crippen molar-refractivity contribution in [1.82, 2.24) is 15.0 Å². The smallest absolute Gasteiger partial charge is 0.358 e. The van der Waals surface area contributed by atoms with Crippen molar-refractivity contribution >= 4 is 5.97 Å². The minimum Gasteiger partial charge on any atom is -0.476 e. The van der Waals surface area contributed by atoms with Gasteiger partial charge in [0.2, 0.25) is 0 Å². The molecule has 0 aliphatic carbocycles. The molecule has 0 saturated heterocycles. The molecule has 0 unspecified atom stereocenters. The molecule has 2 aromatic rings. The Morgan fingerprint density at radius 1 is 1.62 bits per heavy atom. The van der Waals surface area contributed by atoms with Crippen LogP contribution in [0.2, 0.25) is 0 Å². The first-order valence-electron chi connectivity index (χ1n) is 4.59. The van der Waals surface area contributed by atoms with Gasteiger partial charge in [-0.3, -0.25) is 0 Å². The van der Waals surface area contributed by atoms with Crippen molar-refractivity contribution in [3.63, 3.8) is 0 Å². The van der Waals surface area contributed by atoms with Crippen LogP contribution >= 0.6 is 0 Å². The minimum atomic E-state index is -1.13. The zero-order chi connectivity index (χ0) is 11.5. The van der Waals surface area contributed by atoms with Gasteiger partial charge in [-0.25, -0.2) is 9.48 Å². The SMILES string of the molecule is NCc1c(C(=O)O)nnn1Cc1ccoc1. The van der Waals surface area contributed by atoms with Crippen LogP contribution in [-0.2, 0) is 13.1 Å². The van der Waals surface area contributed by atoms with Gasteiger partial charge in [0, 0.05) is 12.1 Å². The highest BCUT2D eigenvalue weighted by Crippen LogP contribution is 2.08. The van der Waals surface area contributed by atoms with E-state index in [4.69, 9.17) is 15.3 Å². The maximum atomic E-state index is 10.8. The fourth-order valence-corrected chi connectivity index (χ4v) is 1.38. The Morgan fingerprint density at radius 2 is 2.44 bits per heavy atom. The van der Waals surface area contributed by atoms with Crippen LogP contribution in [0.5, 0.6) is 0 Å². The normalized spacial score (nSPS) is 10.6. The van der Waals surface area contributed by atoms with Crippen molar-refractivity contribution in [2.45, 2.75) is 13.1 Å². The van der Waals surface area contributed by atoms with Crippen LogP contribution in [0, 0.1) is 0 Å². The van der Waals surface area contributed by atoms with Crippen LogP contribution in [0.3, 0.4) is 0 Å². The fourth-order valence-electron chi connectivity index (χ4n) is 1.38. The lowest BCUT2D eigenvalue weighted by atomic mass is 10.3. The molecular formula is C9H10N4O3. The molecule has 2 rings (SSSR count). The number of rotatable bonds is 4. The summed E-state index contributed by atoms with van der Waals surface area (Å²) in [6.07, 6.45) is 3.09. The number of carboxylic acid groups (broad SMARTS) is 1. The topological polar surface area (TPSA) is 107 Å². The fraction of sp³-hybridized carbons (Fsp3) is 0.222. The van der Waals surface area contributed by atoms with Crippen molar-refractivity contribution < 1.29 is 14.3 Å². The molecule has 7 nitrogen and oxygen atoms in total. The number of aromatic nitrogens is 3. The third kappa shape index (κ3) is 1.80. The molecule has 0 aromatic carbocycles. The second-order valence-electron chi connectivity index (χ2n) is 3.18. The monoisotopic (exact) mass is 222 g/mol. The molecule has 0 fully saturated rings. The predicted octanol–water partition coefficient (Wildman–Crippen LogP) is 0.0763. The highest BCUT2D eigenvalue weighted by molar-refractivity contribution is 5.86. The summed E-state index contributed by atoms with van der Waals surface area (Å²) < 4.78 is 6.36. The van der Waals surface area contributed by atoms with E-state index in [-0.39, 0.29) is 12.2 Å². The average Bonchev–Trinajstić information content (AvgIpc) is 2.87.